The first-order valence-electron chi connectivity index (χ1n) is 8.30. The maximum Gasteiger partial charge on any atom is 0.248 e. The maximum atomic E-state index is 13.3. The third kappa shape index (κ3) is 2.48. The van der Waals surface area contributed by atoms with Crippen molar-refractivity contribution in [1.82, 2.24) is 4.98 Å². The van der Waals surface area contributed by atoms with Crippen LogP contribution in [0.25, 0.3) is 0 Å². The van der Waals surface area contributed by atoms with Crippen molar-refractivity contribution in [3.05, 3.63) is 83.2 Å². The van der Waals surface area contributed by atoms with E-state index in [0.717, 1.165) is 28.2 Å². The first kappa shape index (κ1) is 16.1. The summed E-state index contributed by atoms with van der Waals surface area (Å²) in [5, 5.41) is 0. The fourth-order valence-corrected chi connectivity index (χ4v) is 3.40. The number of nitrogens with zero attached hydrogens (tertiary/aromatic N) is 1. The molecule has 130 valence electrons. The van der Waals surface area contributed by atoms with Gasteiger partial charge in [0.15, 0.2) is 0 Å². The zero-order valence-corrected chi connectivity index (χ0v) is 14.0. The number of aromatic amines is 1. The molecule has 0 radical (unpaired) electrons. The molecular weight excluding hydrogens is 328 g/mol. The van der Waals surface area contributed by atoms with E-state index < -0.39 is 11.8 Å². The normalized spacial score (nSPS) is 16.0. The van der Waals surface area contributed by atoms with Crippen molar-refractivity contribution >= 4 is 23.2 Å². The number of nitrogens with one attached hydrogen (secondary N) is 1. The summed E-state index contributed by atoms with van der Waals surface area (Å²) in [5.74, 6) is -1.10. The molecule has 1 aliphatic heterocycles. The molecule has 0 bridgehead atoms. The molecular formula is C20H18N4O2. The van der Waals surface area contributed by atoms with Crippen LogP contribution in [0.5, 0.6) is 0 Å². The van der Waals surface area contributed by atoms with Crippen molar-refractivity contribution in [1.29, 1.82) is 0 Å². The fraction of sp³-hybridized carbons (Fsp3) is 0.100. The highest BCUT2D eigenvalue weighted by Crippen LogP contribution is 2.44. The highest BCUT2D eigenvalue weighted by molar-refractivity contribution is 6.12. The number of benzene rings is 2. The van der Waals surface area contributed by atoms with E-state index in [-0.39, 0.29) is 5.91 Å². The summed E-state index contributed by atoms with van der Waals surface area (Å²) in [4.78, 5) is 29.6. The number of nitrogens with two attached hydrogens (primary N) is 2. The third-order valence-corrected chi connectivity index (χ3v) is 4.69. The van der Waals surface area contributed by atoms with Crippen LogP contribution in [0.1, 0.15) is 33.1 Å². The number of aromatic nitrogens is 1. The molecule has 2 heterocycles. The summed E-state index contributed by atoms with van der Waals surface area (Å²) in [6.45, 7) is 0.442. The van der Waals surface area contributed by atoms with Gasteiger partial charge in [-0.3, -0.25) is 14.5 Å². The average Bonchev–Trinajstić information content (AvgIpc) is 3.26. The lowest BCUT2D eigenvalue weighted by Gasteiger charge is -2.18. The molecule has 0 fully saturated rings. The monoisotopic (exact) mass is 346 g/mol. The molecule has 26 heavy (non-hydrogen) atoms. The predicted octanol–water partition coefficient (Wildman–Crippen LogP) is 2.38. The van der Waals surface area contributed by atoms with Gasteiger partial charge in [0.1, 0.15) is 5.92 Å². The van der Waals surface area contributed by atoms with Crippen molar-refractivity contribution in [2.45, 2.75) is 12.5 Å². The van der Waals surface area contributed by atoms with Crippen LogP contribution in [-0.2, 0) is 11.3 Å². The number of carbonyl (C=O) groups excluding carboxylic acids is 2. The Morgan fingerprint density at radius 1 is 1.12 bits per heavy atom. The van der Waals surface area contributed by atoms with Crippen molar-refractivity contribution < 1.29 is 9.59 Å². The Morgan fingerprint density at radius 2 is 1.88 bits per heavy atom. The molecule has 0 saturated carbocycles. The zero-order chi connectivity index (χ0) is 18.3. The van der Waals surface area contributed by atoms with Crippen LogP contribution in [0.2, 0.25) is 0 Å². The van der Waals surface area contributed by atoms with E-state index >= 15 is 0 Å². The van der Waals surface area contributed by atoms with Crippen LogP contribution in [0.3, 0.4) is 0 Å². The van der Waals surface area contributed by atoms with Gasteiger partial charge in [-0.25, -0.2) is 0 Å². The fourth-order valence-electron chi connectivity index (χ4n) is 3.40. The second-order valence-electron chi connectivity index (χ2n) is 6.24. The van der Waals surface area contributed by atoms with Crippen LogP contribution < -0.4 is 16.4 Å². The minimum Gasteiger partial charge on any atom is -0.366 e. The molecule has 4 rings (SSSR count). The number of H-pyrrole nitrogens is 1. The van der Waals surface area contributed by atoms with Gasteiger partial charge in [-0.2, -0.15) is 0 Å². The number of anilines is 2. The summed E-state index contributed by atoms with van der Waals surface area (Å²) in [6.07, 6.45) is 1.78. The Bertz CT molecular complexity index is 978. The number of fused-ring (bicyclic) bond motifs is 1. The Labute approximate surface area is 150 Å². The average molecular weight is 346 g/mol. The molecule has 6 nitrogen and oxygen atoms in total. The van der Waals surface area contributed by atoms with Crippen LogP contribution >= 0.6 is 0 Å². The van der Waals surface area contributed by atoms with Crippen molar-refractivity contribution in [2.75, 3.05) is 4.90 Å². The predicted molar refractivity (Wildman–Crippen MR) is 99.1 cm³/mol. The molecule has 1 aromatic heterocycles. The summed E-state index contributed by atoms with van der Waals surface area (Å²) < 4.78 is 0. The van der Waals surface area contributed by atoms with Gasteiger partial charge in [-0.05, 0) is 53.6 Å². The van der Waals surface area contributed by atoms with E-state index in [1.165, 1.54) is 0 Å². The van der Waals surface area contributed by atoms with Crippen molar-refractivity contribution in [3.8, 4) is 0 Å². The van der Waals surface area contributed by atoms with Gasteiger partial charge in [0, 0.05) is 29.7 Å². The molecule has 6 heteroatoms. The van der Waals surface area contributed by atoms with Gasteiger partial charge in [0.05, 0.1) is 5.69 Å². The van der Waals surface area contributed by atoms with Crippen molar-refractivity contribution in [2.24, 2.45) is 11.5 Å². The molecule has 2 amide bonds. The van der Waals surface area contributed by atoms with Crippen molar-refractivity contribution in [3.63, 3.8) is 0 Å². The van der Waals surface area contributed by atoms with E-state index in [0.29, 0.717) is 12.1 Å². The first-order chi connectivity index (χ1) is 12.6. The second-order valence-corrected chi connectivity index (χ2v) is 6.24. The first-order valence-corrected chi connectivity index (χ1v) is 8.30. The maximum absolute atomic E-state index is 13.3. The number of rotatable bonds is 4. The van der Waals surface area contributed by atoms with Crippen LogP contribution in [0.4, 0.5) is 11.4 Å². The van der Waals surface area contributed by atoms with Crippen LogP contribution in [-0.4, -0.2) is 16.8 Å². The topological polar surface area (TPSA) is 105 Å². The van der Waals surface area contributed by atoms with E-state index in [1.807, 2.05) is 36.4 Å². The van der Waals surface area contributed by atoms with Gasteiger partial charge >= 0.3 is 0 Å². The van der Waals surface area contributed by atoms with E-state index in [1.54, 1.807) is 29.3 Å². The van der Waals surface area contributed by atoms with E-state index in [9.17, 15) is 9.59 Å². The lowest BCUT2D eigenvalue weighted by molar-refractivity contribution is -0.117. The van der Waals surface area contributed by atoms with Gasteiger partial charge in [-0.15, -0.1) is 0 Å². The minimum absolute atomic E-state index is 0.0791. The SMILES string of the molecule is NCc1ccc(N2C(=O)C(c3ccc[nH]3)c3cc(C(N)=O)ccc32)cc1. The number of primary amides is 1. The number of amides is 2. The lowest BCUT2D eigenvalue weighted by atomic mass is 9.95. The summed E-state index contributed by atoms with van der Waals surface area (Å²) in [7, 11) is 0. The summed E-state index contributed by atoms with van der Waals surface area (Å²) in [5.41, 5.74) is 15.5. The van der Waals surface area contributed by atoms with Gasteiger partial charge in [0.2, 0.25) is 11.8 Å². The van der Waals surface area contributed by atoms with Gasteiger partial charge in [0.25, 0.3) is 0 Å². The van der Waals surface area contributed by atoms with Gasteiger partial charge < -0.3 is 16.5 Å². The van der Waals surface area contributed by atoms with Gasteiger partial charge in [-0.1, -0.05) is 12.1 Å². The zero-order valence-electron chi connectivity index (χ0n) is 14.0. The number of hydrogen-bond donors (Lipinski definition) is 3. The molecule has 3 aromatic rings. The molecule has 1 atom stereocenters. The second kappa shape index (κ2) is 6.16. The smallest absolute Gasteiger partial charge is 0.248 e. The Balaban J connectivity index is 1.87. The molecule has 0 aliphatic carbocycles. The molecule has 1 unspecified atom stereocenters. The highest BCUT2D eigenvalue weighted by atomic mass is 16.2. The summed E-state index contributed by atoms with van der Waals surface area (Å²) in [6, 6.07) is 16.4. The van der Waals surface area contributed by atoms with E-state index in [4.69, 9.17) is 11.5 Å². The third-order valence-electron chi connectivity index (χ3n) is 4.69. The Hall–Kier alpha value is -3.38. The lowest BCUT2D eigenvalue weighted by Crippen LogP contribution is -2.24. The van der Waals surface area contributed by atoms with Crippen LogP contribution in [0.15, 0.2) is 60.8 Å². The van der Waals surface area contributed by atoms with Crippen LogP contribution in [0, 0.1) is 0 Å². The molecule has 0 spiro atoms. The number of carbonyl (C=O) groups is 2. The molecule has 5 N–H and O–H groups in total. The largest absolute Gasteiger partial charge is 0.366 e. The Morgan fingerprint density at radius 3 is 2.50 bits per heavy atom. The Kier molecular flexibility index (Phi) is 3.82. The molecule has 1 aliphatic rings. The molecule has 2 aromatic carbocycles. The minimum atomic E-state index is -0.517. The highest BCUT2D eigenvalue weighted by Gasteiger charge is 2.40. The van der Waals surface area contributed by atoms with E-state index in [2.05, 4.69) is 4.98 Å². The standard InChI is InChI=1S/C20H18N4O2/c21-11-12-3-6-14(7-4-12)24-17-8-5-13(19(22)25)10-15(17)18(20(24)26)16-2-1-9-23-16/h1-10,18,23H,11,21H2,(H2,22,25). The quantitative estimate of drug-likeness (QED) is 0.675. The molecule has 0 saturated heterocycles. The summed E-state index contributed by atoms with van der Waals surface area (Å²) >= 11 is 0. The number of hydrogen-bond acceptors (Lipinski definition) is 3.